The monoisotopic (exact) mass is 256 g/mol. The summed E-state index contributed by atoms with van der Waals surface area (Å²) in [5, 5.41) is 12.2. The number of rotatable bonds is 8. The Hall–Kier alpha value is -0.610. The van der Waals surface area contributed by atoms with Crippen molar-refractivity contribution in [3.05, 3.63) is 0 Å². The number of nitrogens with zero attached hydrogens (tertiary/aromatic N) is 1. The number of carbonyl (C=O) groups is 1. The summed E-state index contributed by atoms with van der Waals surface area (Å²) in [6.45, 7) is 6.77. The van der Waals surface area contributed by atoms with Crippen LogP contribution in [0.3, 0.4) is 0 Å². The molecule has 106 valence electrons. The lowest BCUT2D eigenvalue weighted by atomic mass is 9.94. The molecule has 0 radical (unpaired) electrons. The van der Waals surface area contributed by atoms with Crippen molar-refractivity contribution in [2.75, 3.05) is 19.6 Å². The zero-order valence-corrected chi connectivity index (χ0v) is 11.8. The van der Waals surface area contributed by atoms with Crippen LogP contribution in [0.4, 0.5) is 0 Å². The fraction of sp³-hybridized carbons (Fsp3) is 0.929. The SMILES string of the molecule is CCNC(CCN(CC)C1CCCCC1)C(=O)O. The Morgan fingerprint density at radius 2 is 2.00 bits per heavy atom. The van der Waals surface area contributed by atoms with Gasteiger partial charge in [0.05, 0.1) is 0 Å². The first-order chi connectivity index (χ1) is 8.69. The summed E-state index contributed by atoms with van der Waals surface area (Å²) in [6, 6.07) is 0.285. The van der Waals surface area contributed by atoms with E-state index in [0.29, 0.717) is 19.0 Å². The van der Waals surface area contributed by atoms with Crippen LogP contribution in [0.25, 0.3) is 0 Å². The number of hydrogen-bond acceptors (Lipinski definition) is 3. The van der Waals surface area contributed by atoms with Crippen molar-refractivity contribution in [1.82, 2.24) is 10.2 Å². The maximum atomic E-state index is 11.1. The maximum absolute atomic E-state index is 11.1. The molecule has 4 nitrogen and oxygen atoms in total. The Labute approximate surface area is 111 Å². The normalized spacial score (nSPS) is 19.1. The van der Waals surface area contributed by atoms with E-state index in [1.165, 1.54) is 32.1 Å². The van der Waals surface area contributed by atoms with Gasteiger partial charge in [0.25, 0.3) is 0 Å². The van der Waals surface area contributed by atoms with Gasteiger partial charge < -0.3 is 15.3 Å². The number of likely N-dealkylation sites (N-methyl/N-ethyl adjacent to an activating group) is 1. The molecule has 0 aromatic carbocycles. The first-order valence-corrected chi connectivity index (χ1v) is 7.39. The molecular weight excluding hydrogens is 228 g/mol. The summed E-state index contributed by atoms with van der Waals surface area (Å²) in [5.74, 6) is -0.725. The van der Waals surface area contributed by atoms with Crippen LogP contribution in [0.2, 0.25) is 0 Å². The summed E-state index contributed by atoms with van der Waals surface area (Å²) < 4.78 is 0. The van der Waals surface area contributed by atoms with Crippen LogP contribution >= 0.6 is 0 Å². The van der Waals surface area contributed by atoms with Gasteiger partial charge in [-0.05, 0) is 32.4 Å². The van der Waals surface area contributed by atoms with Gasteiger partial charge in [0.2, 0.25) is 0 Å². The van der Waals surface area contributed by atoms with Gasteiger partial charge in [-0.2, -0.15) is 0 Å². The van der Waals surface area contributed by atoms with Crippen molar-refractivity contribution in [2.45, 2.75) is 64.5 Å². The van der Waals surface area contributed by atoms with E-state index in [0.717, 1.165) is 13.1 Å². The maximum Gasteiger partial charge on any atom is 0.320 e. The Bertz CT molecular complexity index is 240. The Morgan fingerprint density at radius 1 is 1.33 bits per heavy atom. The Balaban J connectivity index is 2.39. The fourth-order valence-electron chi connectivity index (χ4n) is 2.90. The molecule has 0 spiro atoms. The summed E-state index contributed by atoms with van der Waals surface area (Å²) in [5.41, 5.74) is 0. The molecule has 1 fully saturated rings. The summed E-state index contributed by atoms with van der Waals surface area (Å²) in [7, 11) is 0. The van der Waals surface area contributed by atoms with Gasteiger partial charge in [0, 0.05) is 12.6 Å². The van der Waals surface area contributed by atoms with Gasteiger partial charge in [-0.3, -0.25) is 4.79 Å². The quantitative estimate of drug-likeness (QED) is 0.698. The molecule has 0 amide bonds. The van der Waals surface area contributed by atoms with Crippen molar-refractivity contribution < 1.29 is 9.90 Å². The van der Waals surface area contributed by atoms with E-state index in [4.69, 9.17) is 5.11 Å². The van der Waals surface area contributed by atoms with E-state index in [-0.39, 0.29) is 0 Å². The van der Waals surface area contributed by atoms with E-state index in [2.05, 4.69) is 17.1 Å². The molecule has 1 rings (SSSR count). The minimum Gasteiger partial charge on any atom is -0.480 e. The molecule has 4 heteroatoms. The number of carboxylic acid groups (broad SMARTS) is 1. The molecule has 1 atom stereocenters. The summed E-state index contributed by atoms with van der Waals surface area (Å²) in [4.78, 5) is 13.6. The van der Waals surface area contributed by atoms with E-state index in [9.17, 15) is 4.79 Å². The highest BCUT2D eigenvalue weighted by atomic mass is 16.4. The summed E-state index contributed by atoms with van der Waals surface area (Å²) >= 11 is 0. The predicted octanol–water partition coefficient (Wildman–Crippen LogP) is 2.09. The van der Waals surface area contributed by atoms with Crippen LogP contribution in [0, 0.1) is 0 Å². The molecule has 18 heavy (non-hydrogen) atoms. The number of carboxylic acids is 1. The second-order valence-electron chi connectivity index (χ2n) is 5.16. The van der Waals surface area contributed by atoms with Crippen LogP contribution in [-0.2, 0) is 4.79 Å². The molecule has 0 heterocycles. The highest BCUT2D eigenvalue weighted by Gasteiger charge is 2.22. The molecule has 0 saturated heterocycles. The molecule has 0 aliphatic heterocycles. The molecule has 1 aliphatic rings. The zero-order valence-electron chi connectivity index (χ0n) is 11.8. The van der Waals surface area contributed by atoms with E-state index >= 15 is 0 Å². The van der Waals surface area contributed by atoms with Crippen molar-refractivity contribution in [3.63, 3.8) is 0 Å². The third kappa shape index (κ3) is 4.94. The highest BCUT2D eigenvalue weighted by Crippen LogP contribution is 2.22. The third-order valence-electron chi connectivity index (χ3n) is 3.95. The smallest absolute Gasteiger partial charge is 0.320 e. The lowest BCUT2D eigenvalue weighted by Crippen LogP contribution is -2.43. The summed E-state index contributed by atoms with van der Waals surface area (Å²) in [6.07, 6.45) is 7.30. The van der Waals surface area contributed by atoms with Crippen molar-refractivity contribution in [3.8, 4) is 0 Å². The van der Waals surface area contributed by atoms with Gasteiger partial charge in [-0.1, -0.05) is 33.1 Å². The van der Waals surface area contributed by atoms with Crippen LogP contribution in [0.5, 0.6) is 0 Å². The molecular formula is C14H28N2O2. The molecule has 1 aliphatic carbocycles. The van der Waals surface area contributed by atoms with Crippen molar-refractivity contribution >= 4 is 5.97 Å². The molecule has 0 aromatic rings. The van der Waals surface area contributed by atoms with Gasteiger partial charge in [0.15, 0.2) is 0 Å². The third-order valence-corrected chi connectivity index (χ3v) is 3.95. The van der Waals surface area contributed by atoms with Crippen molar-refractivity contribution in [1.29, 1.82) is 0 Å². The average Bonchev–Trinajstić information content (AvgIpc) is 2.39. The molecule has 2 N–H and O–H groups in total. The standard InChI is InChI=1S/C14H28N2O2/c1-3-15-13(14(17)18)10-11-16(4-2)12-8-6-5-7-9-12/h12-13,15H,3-11H2,1-2H3,(H,17,18). The molecule has 1 saturated carbocycles. The van der Waals surface area contributed by atoms with Gasteiger partial charge in [-0.25, -0.2) is 0 Å². The molecule has 0 aromatic heterocycles. The van der Waals surface area contributed by atoms with Crippen LogP contribution in [-0.4, -0.2) is 47.7 Å². The largest absolute Gasteiger partial charge is 0.480 e. The van der Waals surface area contributed by atoms with Crippen LogP contribution in [0.1, 0.15) is 52.4 Å². The number of hydrogen-bond donors (Lipinski definition) is 2. The first-order valence-electron chi connectivity index (χ1n) is 7.39. The minimum absolute atomic E-state index is 0.396. The lowest BCUT2D eigenvalue weighted by molar-refractivity contribution is -0.139. The van der Waals surface area contributed by atoms with E-state index in [1.54, 1.807) is 0 Å². The Morgan fingerprint density at radius 3 is 2.50 bits per heavy atom. The molecule has 0 bridgehead atoms. The van der Waals surface area contributed by atoms with Gasteiger partial charge in [0.1, 0.15) is 6.04 Å². The minimum atomic E-state index is -0.725. The Kier molecular flexibility index (Phi) is 7.28. The van der Waals surface area contributed by atoms with Gasteiger partial charge >= 0.3 is 5.97 Å². The second-order valence-corrected chi connectivity index (χ2v) is 5.16. The highest BCUT2D eigenvalue weighted by molar-refractivity contribution is 5.73. The fourth-order valence-corrected chi connectivity index (χ4v) is 2.90. The lowest BCUT2D eigenvalue weighted by Gasteiger charge is -2.34. The van der Waals surface area contributed by atoms with Crippen LogP contribution < -0.4 is 5.32 Å². The predicted molar refractivity (Wildman–Crippen MR) is 73.8 cm³/mol. The zero-order chi connectivity index (χ0) is 13.4. The van der Waals surface area contributed by atoms with E-state index < -0.39 is 12.0 Å². The second kappa shape index (κ2) is 8.48. The average molecular weight is 256 g/mol. The van der Waals surface area contributed by atoms with Crippen LogP contribution in [0.15, 0.2) is 0 Å². The topological polar surface area (TPSA) is 52.6 Å². The van der Waals surface area contributed by atoms with E-state index in [1.807, 2.05) is 6.92 Å². The van der Waals surface area contributed by atoms with Gasteiger partial charge in [-0.15, -0.1) is 0 Å². The molecule has 1 unspecified atom stereocenters. The number of nitrogens with one attached hydrogen (secondary N) is 1. The number of aliphatic carboxylic acids is 1. The van der Waals surface area contributed by atoms with Crippen molar-refractivity contribution in [2.24, 2.45) is 0 Å². The first kappa shape index (κ1) is 15.4.